The summed E-state index contributed by atoms with van der Waals surface area (Å²) in [5.41, 5.74) is 1.10. The lowest BCUT2D eigenvalue weighted by molar-refractivity contribution is 0.288. The molecule has 2 rings (SSSR count). The van der Waals surface area contributed by atoms with E-state index in [0.29, 0.717) is 12.5 Å². The molecule has 1 heterocycles. The molecule has 0 aliphatic rings. The topological polar surface area (TPSA) is 47.9 Å². The van der Waals surface area contributed by atoms with Crippen LogP contribution in [0, 0.1) is 0 Å². The minimum absolute atomic E-state index is 0.490. The van der Waals surface area contributed by atoms with Crippen LogP contribution in [0.2, 0.25) is 0 Å². The number of benzene rings is 1. The molecule has 0 atom stereocenters. The molecule has 1 aromatic heterocycles. The fourth-order valence-corrected chi connectivity index (χ4v) is 1.04. The van der Waals surface area contributed by atoms with E-state index in [0.717, 1.165) is 5.56 Å². The molecular weight excluding hydrogens is 178 g/mol. The van der Waals surface area contributed by atoms with Gasteiger partial charge in [0.15, 0.2) is 0 Å². The summed E-state index contributed by atoms with van der Waals surface area (Å²) in [5, 5.41) is 10.7. The van der Waals surface area contributed by atoms with E-state index in [4.69, 9.17) is 4.74 Å². The molecule has 2 aromatic rings. The van der Waals surface area contributed by atoms with E-state index in [-0.39, 0.29) is 0 Å². The summed E-state index contributed by atoms with van der Waals surface area (Å²) in [6, 6.07) is 11.6. The molecule has 0 aliphatic heterocycles. The zero-order valence-electron chi connectivity index (χ0n) is 7.50. The van der Waals surface area contributed by atoms with Crippen molar-refractivity contribution >= 4 is 0 Å². The van der Waals surface area contributed by atoms with Crippen molar-refractivity contribution in [2.24, 2.45) is 0 Å². The second kappa shape index (κ2) is 4.32. The van der Waals surface area contributed by atoms with Gasteiger partial charge in [-0.15, -0.1) is 5.10 Å². The Morgan fingerprint density at radius 2 is 1.93 bits per heavy atom. The molecule has 0 saturated carbocycles. The van der Waals surface area contributed by atoms with Gasteiger partial charge in [-0.05, 0) is 10.8 Å². The Morgan fingerprint density at radius 3 is 2.64 bits per heavy atom. The van der Waals surface area contributed by atoms with Crippen LogP contribution in [0.15, 0.2) is 42.6 Å². The van der Waals surface area contributed by atoms with E-state index in [1.54, 1.807) is 12.3 Å². The lowest BCUT2D eigenvalue weighted by Gasteiger charge is -2.02. The Kier molecular flexibility index (Phi) is 2.66. The molecule has 0 spiro atoms. The molecule has 14 heavy (non-hydrogen) atoms. The number of aromatic nitrogens is 3. The first-order valence-corrected chi connectivity index (χ1v) is 4.26. The zero-order chi connectivity index (χ0) is 9.64. The molecule has 0 saturated heterocycles. The zero-order valence-corrected chi connectivity index (χ0v) is 7.50. The van der Waals surface area contributed by atoms with Crippen LogP contribution in [0.3, 0.4) is 0 Å². The summed E-state index contributed by atoms with van der Waals surface area (Å²) >= 11 is 0. The van der Waals surface area contributed by atoms with Crippen molar-refractivity contribution < 1.29 is 4.74 Å². The summed E-state index contributed by atoms with van der Waals surface area (Å²) in [7, 11) is 0. The van der Waals surface area contributed by atoms with Gasteiger partial charge >= 0.3 is 0 Å². The Hall–Kier alpha value is -1.97. The van der Waals surface area contributed by atoms with Crippen LogP contribution in [0.4, 0.5) is 0 Å². The van der Waals surface area contributed by atoms with E-state index in [9.17, 15) is 0 Å². The van der Waals surface area contributed by atoms with Crippen molar-refractivity contribution in [2.75, 3.05) is 0 Å². The molecule has 0 radical (unpaired) electrons. The number of rotatable bonds is 3. The van der Waals surface area contributed by atoms with Crippen LogP contribution in [-0.4, -0.2) is 15.4 Å². The summed E-state index contributed by atoms with van der Waals surface area (Å²) < 4.78 is 5.38. The van der Waals surface area contributed by atoms with Crippen molar-refractivity contribution in [3.63, 3.8) is 0 Å². The predicted octanol–water partition coefficient (Wildman–Crippen LogP) is 1.45. The van der Waals surface area contributed by atoms with Crippen molar-refractivity contribution in [3.8, 4) is 5.88 Å². The first-order valence-electron chi connectivity index (χ1n) is 4.26. The first kappa shape index (κ1) is 8.62. The second-order valence-corrected chi connectivity index (χ2v) is 2.73. The monoisotopic (exact) mass is 187 g/mol. The number of hydrogen-bond donors (Lipinski definition) is 0. The molecule has 0 bridgehead atoms. The normalized spacial score (nSPS) is 9.71. The van der Waals surface area contributed by atoms with Gasteiger partial charge in [-0.25, -0.2) is 0 Å². The molecule has 0 fully saturated rings. The van der Waals surface area contributed by atoms with Gasteiger partial charge in [-0.3, -0.25) is 0 Å². The van der Waals surface area contributed by atoms with Crippen LogP contribution >= 0.6 is 0 Å². The number of nitrogens with zero attached hydrogens (tertiary/aromatic N) is 3. The van der Waals surface area contributed by atoms with Gasteiger partial charge in [-0.2, -0.15) is 0 Å². The highest BCUT2D eigenvalue weighted by molar-refractivity contribution is 5.14. The Labute approximate surface area is 81.6 Å². The third-order valence-corrected chi connectivity index (χ3v) is 1.71. The van der Waals surface area contributed by atoms with E-state index in [2.05, 4.69) is 15.4 Å². The SMILES string of the molecule is c1ccc(COc2ccnnn2)cc1. The van der Waals surface area contributed by atoms with Gasteiger partial charge in [0.05, 0.1) is 6.20 Å². The number of ether oxygens (including phenoxy) is 1. The molecule has 0 unspecified atom stereocenters. The summed E-state index contributed by atoms with van der Waals surface area (Å²) in [4.78, 5) is 0. The number of hydrogen-bond acceptors (Lipinski definition) is 4. The van der Waals surface area contributed by atoms with Gasteiger partial charge in [0.2, 0.25) is 5.88 Å². The molecule has 0 aliphatic carbocycles. The van der Waals surface area contributed by atoms with Crippen LogP contribution in [0.25, 0.3) is 0 Å². The van der Waals surface area contributed by atoms with Crippen LogP contribution in [0.5, 0.6) is 5.88 Å². The lowest BCUT2D eigenvalue weighted by atomic mass is 10.2. The van der Waals surface area contributed by atoms with Crippen molar-refractivity contribution in [2.45, 2.75) is 6.61 Å². The van der Waals surface area contributed by atoms with E-state index in [1.807, 2.05) is 30.3 Å². The van der Waals surface area contributed by atoms with E-state index >= 15 is 0 Å². The van der Waals surface area contributed by atoms with E-state index in [1.165, 1.54) is 0 Å². The van der Waals surface area contributed by atoms with Crippen LogP contribution in [-0.2, 0) is 6.61 Å². The van der Waals surface area contributed by atoms with Gasteiger partial charge in [0.1, 0.15) is 6.61 Å². The van der Waals surface area contributed by atoms with Crippen LogP contribution in [0.1, 0.15) is 5.56 Å². The fraction of sp³-hybridized carbons (Fsp3) is 0.100. The highest BCUT2D eigenvalue weighted by atomic mass is 16.5. The maximum atomic E-state index is 5.38. The average Bonchev–Trinajstić information content (AvgIpc) is 2.29. The van der Waals surface area contributed by atoms with Gasteiger partial charge in [-0.1, -0.05) is 35.4 Å². The van der Waals surface area contributed by atoms with Crippen LogP contribution < -0.4 is 4.74 Å². The quantitative estimate of drug-likeness (QED) is 0.729. The van der Waals surface area contributed by atoms with Crippen molar-refractivity contribution in [1.29, 1.82) is 0 Å². The molecule has 4 nitrogen and oxygen atoms in total. The minimum atomic E-state index is 0.490. The fourth-order valence-electron chi connectivity index (χ4n) is 1.04. The molecular formula is C10H9N3O. The van der Waals surface area contributed by atoms with Gasteiger partial charge in [0.25, 0.3) is 0 Å². The first-order chi connectivity index (χ1) is 6.95. The Morgan fingerprint density at radius 1 is 1.07 bits per heavy atom. The largest absolute Gasteiger partial charge is 0.472 e. The third-order valence-electron chi connectivity index (χ3n) is 1.71. The average molecular weight is 187 g/mol. The summed E-state index contributed by atoms with van der Waals surface area (Å²) in [5.74, 6) is 0.490. The smallest absolute Gasteiger partial charge is 0.237 e. The third kappa shape index (κ3) is 2.26. The van der Waals surface area contributed by atoms with Gasteiger partial charge in [0, 0.05) is 6.07 Å². The molecule has 1 aromatic carbocycles. The Bertz CT molecular complexity index is 338. The summed E-state index contributed by atoms with van der Waals surface area (Å²) in [6.45, 7) is 0.500. The summed E-state index contributed by atoms with van der Waals surface area (Å²) in [6.07, 6.45) is 1.55. The Balaban J connectivity index is 1.96. The predicted molar refractivity (Wildman–Crippen MR) is 50.6 cm³/mol. The highest BCUT2D eigenvalue weighted by Crippen LogP contribution is 2.05. The standard InChI is InChI=1S/C10H9N3O/c1-2-4-9(5-3-1)8-14-10-6-7-11-13-12-10/h1-7H,8H2. The maximum absolute atomic E-state index is 5.38. The lowest BCUT2D eigenvalue weighted by Crippen LogP contribution is -1.98. The van der Waals surface area contributed by atoms with Crippen molar-refractivity contribution in [3.05, 3.63) is 48.2 Å². The molecule has 0 N–H and O–H groups in total. The second-order valence-electron chi connectivity index (χ2n) is 2.73. The molecule has 4 heteroatoms. The maximum Gasteiger partial charge on any atom is 0.237 e. The minimum Gasteiger partial charge on any atom is -0.472 e. The van der Waals surface area contributed by atoms with Crippen molar-refractivity contribution in [1.82, 2.24) is 15.4 Å². The molecule has 0 amide bonds. The molecule has 70 valence electrons. The highest BCUT2D eigenvalue weighted by Gasteiger charge is 1.95. The van der Waals surface area contributed by atoms with E-state index < -0.39 is 0 Å². The van der Waals surface area contributed by atoms with Gasteiger partial charge < -0.3 is 4.74 Å².